The Kier molecular flexibility index (Phi) is 30.3. The summed E-state index contributed by atoms with van der Waals surface area (Å²) >= 11 is 30.7. The Morgan fingerprint density at radius 3 is 1.22 bits per heavy atom. The summed E-state index contributed by atoms with van der Waals surface area (Å²) in [6, 6.07) is 55.4. The number of H-pyrrole nitrogens is 4. The molecule has 6 aliphatic rings. The maximum absolute atomic E-state index is 12.9. The molecule has 23 nitrogen and oxygen atoms in total. The van der Waals surface area contributed by atoms with E-state index >= 15 is 0 Å². The fourth-order valence-electron chi connectivity index (χ4n) is 17.3. The third kappa shape index (κ3) is 21.9. The maximum atomic E-state index is 12.9. The number of piperazine rings is 1. The SMILES string of the molecule is CCOC(=O)N1CCc2c([nH]c3ccc(Cl)cc23)C1c1ccc(OCC(O)CN2CCN(C)CC2)cc1.CCOC(=O)N1CCc2c([nH]c3ccc(Cl)cc23)C1c1ccc(OCC2CO2)cc1.CCOC(=O)N1CCc2c([nH]c3ccc(Cl)cc23)C1c1ccc(OCCCNC(C)C)cc1.ClCCCOc1ccc(C2NCCc3c2[nH]c2ccc(Cl)cc32)cc1. The summed E-state index contributed by atoms with van der Waals surface area (Å²) < 4.78 is 44.6. The van der Waals surface area contributed by atoms with E-state index in [4.69, 9.17) is 95.9 Å². The first-order chi connectivity index (χ1) is 60.8. The molecular weight excluding hydrogens is 1690 g/mol. The molecule has 2 saturated heterocycles. The lowest BCUT2D eigenvalue weighted by atomic mass is 9.92. The van der Waals surface area contributed by atoms with Crippen LogP contribution in [0, 0.1) is 0 Å². The molecule has 6 atom stereocenters. The van der Waals surface area contributed by atoms with Gasteiger partial charge in [-0.25, -0.2) is 14.4 Å². The van der Waals surface area contributed by atoms with E-state index < -0.39 is 6.10 Å². The normalized spacial score (nSPS) is 18.1. The fraction of sp³-hybridized carbons (Fsp3) is 0.392. The number of epoxide rings is 1. The number of alkyl halides is 1. The number of carbonyl (C=O) groups is 3. The molecule has 2 fully saturated rings. The highest BCUT2D eigenvalue weighted by molar-refractivity contribution is 6.32. The molecular formula is C97H110Cl5N11O12. The predicted octanol–water partition coefficient (Wildman–Crippen LogP) is 19.4. The second-order valence-corrected chi connectivity index (χ2v) is 34.5. The summed E-state index contributed by atoms with van der Waals surface area (Å²) in [4.78, 5) is 62.6. The zero-order valence-corrected chi connectivity index (χ0v) is 75.2. The zero-order chi connectivity index (χ0) is 87.2. The molecule has 3 amide bonds. The smallest absolute Gasteiger partial charge is 0.410 e. The first-order valence-electron chi connectivity index (χ1n) is 43.4. The minimum Gasteiger partial charge on any atom is -0.494 e. The van der Waals surface area contributed by atoms with Crippen molar-refractivity contribution in [1.82, 2.24) is 55.1 Å². The van der Waals surface area contributed by atoms with Crippen LogP contribution >= 0.6 is 58.0 Å². The third-order valence-corrected chi connectivity index (χ3v) is 24.7. The van der Waals surface area contributed by atoms with E-state index in [2.05, 4.69) is 85.5 Å². The number of fused-ring (bicyclic) bond motifs is 12. The van der Waals surface area contributed by atoms with Gasteiger partial charge in [0.2, 0.25) is 0 Å². The topological polar surface area (TPSA) is 252 Å². The molecule has 8 aromatic carbocycles. The number of hydrogen-bond acceptors (Lipinski definition) is 16. The highest BCUT2D eigenvalue weighted by Crippen LogP contribution is 2.45. The van der Waals surface area contributed by atoms with E-state index in [1.807, 2.05) is 166 Å². The van der Waals surface area contributed by atoms with Crippen LogP contribution in [-0.4, -0.2) is 217 Å². The Hall–Kier alpha value is -9.86. The van der Waals surface area contributed by atoms with Crippen molar-refractivity contribution in [3.05, 3.63) is 257 Å². The number of aromatic amines is 4. The molecule has 6 aliphatic heterocycles. The molecule has 125 heavy (non-hydrogen) atoms. The van der Waals surface area contributed by atoms with Crippen LogP contribution in [0.1, 0.15) is 139 Å². The van der Waals surface area contributed by atoms with E-state index in [0.29, 0.717) is 98.6 Å². The molecule has 0 bridgehead atoms. The molecule has 28 heteroatoms. The number of ether oxygens (including phenoxy) is 8. The number of nitrogens with zero attached hydrogens (tertiary/aromatic N) is 5. The van der Waals surface area contributed by atoms with Crippen LogP contribution in [0.5, 0.6) is 23.0 Å². The Bertz CT molecular complexity index is 5640. The van der Waals surface area contributed by atoms with E-state index in [-0.39, 0.29) is 55.2 Å². The lowest BCUT2D eigenvalue weighted by molar-refractivity contribution is 0.0504. The van der Waals surface area contributed by atoms with E-state index in [1.165, 1.54) is 38.9 Å². The number of nitrogens with one attached hydrogen (secondary N) is 6. The van der Waals surface area contributed by atoms with Crippen molar-refractivity contribution in [3.63, 3.8) is 0 Å². The Labute approximate surface area is 754 Å². The first kappa shape index (κ1) is 89.9. The zero-order valence-electron chi connectivity index (χ0n) is 71.4. The van der Waals surface area contributed by atoms with Gasteiger partial charge in [0.1, 0.15) is 66.5 Å². The van der Waals surface area contributed by atoms with Crippen LogP contribution < -0.4 is 29.6 Å². The number of rotatable bonds is 25. The van der Waals surface area contributed by atoms with Gasteiger partial charge in [0, 0.05) is 157 Å². The highest BCUT2D eigenvalue weighted by Gasteiger charge is 2.40. The minimum absolute atomic E-state index is 0.159. The van der Waals surface area contributed by atoms with Crippen molar-refractivity contribution >= 4 is 120 Å². The molecule has 12 aromatic rings. The number of aliphatic hydroxyl groups excluding tert-OH is 1. The number of aliphatic hydroxyl groups is 1. The van der Waals surface area contributed by atoms with Crippen LogP contribution in [0.4, 0.5) is 14.4 Å². The molecule has 0 saturated carbocycles. The van der Waals surface area contributed by atoms with Gasteiger partial charge in [0.15, 0.2) is 0 Å². The quantitative estimate of drug-likeness (QED) is 0.0122. The number of carbonyl (C=O) groups excluding carboxylic acids is 3. The largest absolute Gasteiger partial charge is 0.494 e. The molecule has 7 N–H and O–H groups in total. The molecule has 0 aliphatic carbocycles. The molecule has 6 unspecified atom stereocenters. The van der Waals surface area contributed by atoms with Crippen LogP contribution in [-0.2, 0) is 44.6 Å². The van der Waals surface area contributed by atoms with Crippen molar-refractivity contribution in [2.45, 2.75) is 116 Å². The number of amides is 3. The predicted molar refractivity (Wildman–Crippen MR) is 495 cm³/mol. The van der Waals surface area contributed by atoms with Crippen molar-refractivity contribution in [2.75, 3.05) is 131 Å². The standard InChI is InChI=1S/C28H35ClN4O4.C26H32ClN3O3.C23H23ClN2O4.C20H20Cl2N2O/c1-3-36-28(35)33-11-10-23-24-16-20(29)6-9-25(24)30-26(23)27(33)19-4-7-22(8-5-19)37-18-21(34)17-32-14-12-31(2)13-15-32;1-4-32-26(31)30-14-12-21-22-16-19(27)8-11-23(22)29-24(21)25(30)18-6-9-20(10-7-18)33-15-5-13-28-17(2)3;1-2-28-23(27)26-10-9-18-19-11-15(24)5-8-20(19)25-21(18)22(26)14-3-6-16(7-4-14)29-12-17-13-30-17;21-9-1-11-25-15-5-2-13(3-6-15)19-20-16(8-10-23-19)17-12-14(22)4-7-18(17)24-20/h4-9,16,21,27,30,34H,3,10-15,17-18H2,1-2H3;6-11,16-17,25,28-29H,4-5,12-15H2,1-3H3;3-8,11,17,22,25H,2,9-10,12-13H2,1H3;2-7,12,19,23-24H,1,8-11H2. The van der Waals surface area contributed by atoms with Crippen molar-refractivity contribution in [2.24, 2.45) is 0 Å². The van der Waals surface area contributed by atoms with Crippen molar-refractivity contribution in [1.29, 1.82) is 0 Å². The third-order valence-electron chi connectivity index (χ3n) is 23.5. The van der Waals surface area contributed by atoms with Crippen LogP contribution in [0.2, 0.25) is 20.1 Å². The van der Waals surface area contributed by atoms with E-state index in [0.717, 1.165) is 179 Å². The van der Waals surface area contributed by atoms with Gasteiger partial charge in [-0.3, -0.25) is 19.6 Å². The lowest BCUT2D eigenvalue weighted by Gasteiger charge is -2.35. The summed E-state index contributed by atoms with van der Waals surface area (Å²) in [6.45, 7) is 21.8. The molecule has 18 rings (SSSR count). The minimum atomic E-state index is -0.554. The van der Waals surface area contributed by atoms with E-state index in [1.54, 1.807) is 14.7 Å². The summed E-state index contributed by atoms with van der Waals surface area (Å²) in [6.07, 6.45) is 3.73. The molecule has 4 aromatic heterocycles. The number of β-amino-alcohol motifs (C(OH)–C–C–N with tert-alkyl or cyclic N) is 1. The summed E-state index contributed by atoms with van der Waals surface area (Å²) in [7, 11) is 2.12. The molecule has 10 heterocycles. The second kappa shape index (κ2) is 42.2. The number of hydrogen-bond donors (Lipinski definition) is 7. The highest BCUT2D eigenvalue weighted by atomic mass is 35.5. The van der Waals surface area contributed by atoms with E-state index in [9.17, 15) is 19.5 Å². The van der Waals surface area contributed by atoms with Gasteiger partial charge in [-0.05, 0) is 239 Å². The Balaban J connectivity index is 0.000000130. The van der Waals surface area contributed by atoms with Gasteiger partial charge < -0.3 is 78.5 Å². The lowest BCUT2D eigenvalue weighted by Crippen LogP contribution is -2.47. The first-order valence-corrected chi connectivity index (χ1v) is 45.5. The number of benzene rings is 8. The van der Waals surface area contributed by atoms with Gasteiger partial charge in [-0.2, -0.15) is 0 Å². The van der Waals surface area contributed by atoms with Crippen molar-refractivity contribution in [3.8, 4) is 23.0 Å². The number of aromatic nitrogens is 4. The molecule has 0 spiro atoms. The number of likely N-dealkylation sites (N-methyl/N-ethyl adjacent to an activating group) is 1. The van der Waals surface area contributed by atoms with Gasteiger partial charge in [0.05, 0.1) is 45.7 Å². The second-order valence-electron chi connectivity index (χ2n) is 32.4. The monoisotopic (exact) mass is 1800 g/mol. The van der Waals surface area contributed by atoms with Crippen LogP contribution in [0.15, 0.2) is 170 Å². The average Bonchev–Trinajstić information content (AvgIpc) is 1.62. The van der Waals surface area contributed by atoms with Gasteiger partial charge in [-0.15, -0.1) is 11.6 Å². The average molecular weight is 1800 g/mol. The summed E-state index contributed by atoms with van der Waals surface area (Å²) in [5, 5.41) is 24.9. The van der Waals surface area contributed by atoms with Gasteiger partial charge in [-0.1, -0.05) is 109 Å². The number of halogens is 5. The van der Waals surface area contributed by atoms with Crippen LogP contribution in [0.3, 0.4) is 0 Å². The van der Waals surface area contributed by atoms with Crippen molar-refractivity contribution < 1.29 is 57.4 Å². The fourth-order valence-corrected chi connectivity index (χ4v) is 18.1. The summed E-state index contributed by atoms with van der Waals surface area (Å²) in [5.74, 6) is 3.80. The van der Waals surface area contributed by atoms with Gasteiger partial charge in [0.25, 0.3) is 0 Å². The molecule has 0 radical (unpaired) electrons. The van der Waals surface area contributed by atoms with Gasteiger partial charge >= 0.3 is 18.3 Å². The summed E-state index contributed by atoms with van der Waals surface area (Å²) in [5.41, 5.74) is 17.5. The maximum Gasteiger partial charge on any atom is 0.410 e. The molecule has 660 valence electrons. The Morgan fingerprint density at radius 1 is 0.472 bits per heavy atom. The Morgan fingerprint density at radius 2 is 0.840 bits per heavy atom. The van der Waals surface area contributed by atoms with Crippen LogP contribution in [0.25, 0.3) is 43.6 Å².